The van der Waals surface area contributed by atoms with Crippen LogP contribution in [0.5, 0.6) is 5.75 Å². The molecule has 0 aliphatic rings. The van der Waals surface area contributed by atoms with Crippen LogP contribution in [0.4, 0.5) is 4.39 Å². The lowest BCUT2D eigenvalue weighted by Crippen LogP contribution is -1.96. The Kier molecular flexibility index (Phi) is 4.62. The van der Waals surface area contributed by atoms with Gasteiger partial charge in [-0.1, -0.05) is 42.1 Å². The monoisotopic (exact) mass is 329 g/mol. The molecule has 0 atom stereocenters. The summed E-state index contributed by atoms with van der Waals surface area (Å²) in [6, 6.07) is 14.4. The number of ether oxygens (including phenoxy) is 1. The molecular formula is C17H16FN3OS. The molecule has 0 unspecified atom stereocenters. The molecule has 3 rings (SSSR count). The maximum Gasteiger partial charge on any atom is 0.191 e. The minimum absolute atomic E-state index is 0.274. The lowest BCUT2D eigenvalue weighted by Gasteiger charge is -2.08. The number of aromatic nitrogens is 3. The highest BCUT2D eigenvalue weighted by molar-refractivity contribution is 7.98. The Hall–Kier alpha value is -2.34. The standard InChI is InChI=1S/C17H16FN3OS/c1-21-16(12-6-4-3-5-7-12)19-20-17(21)23-11-13-10-14(18)8-9-15(13)22-2/h3-10H,11H2,1-2H3. The number of methoxy groups -OCH3 is 1. The van der Waals surface area contributed by atoms with Gasteiger partial charge in [0.05, 0.1) is 7.11 Å². The number of halogens is 1. The van der Waals surface area contributed by atoms with Gasteiger partial charge in [-0.15, -0.1) is 10.2 Å². The van der Waals surface area contributed by atoms with E-state index in [0.29, 0.717) is 11.5 Å². The van der Waals surface area contributed by atoms with Gasteiger partial charge in [-0.2, -0.15) is 0 Å². The highest BCUT2D eigenvalue weighted by atomic mass is 32.2. The van der Waals surface area contributed by atoms with Gasteiger partial charge in [-0.3, -0.25) is 0 Å². The maximum absolute atomic E-state index is 13.4. The predicted molar refractivity (Wildman–Crippen MR) is 89.0 cm³/mol. The van der Waals surface area contributed by atoms with Crippen molar-refractivity contribution in [2.45, 2.75) is 10.9 Å². The molecule has 0 fully saturated rings. The fourth-order valence-electron chi connectivity index (χ4n) is 2.28. The molecule has 0 radical (unpaired) electrons. The number of thioether (sulfide) groups is 1. The summed E-state index contributed by atoms with van der Waals surface area (Å²) in [4.78, 5) is 0. The summed E-state index contributed by atoms with van der Waals surface area (Å²) < 4.78 is 20.6. The second-order valence-corrected chi connectivity index (χ2v) is 5.92. The molecule has 4 nitrogen and oxygen atoms in total. The minimum Gasteiger partial charge on any atom is -0.496 e. The van der Waals surface area contributed by atoms with Crippen molar-refractivity contribution in [3.05, 3.63) is 59.9 Å². The second-order valence-electron chi connectivity index (χ2n) is 4.98. The van der Waals surface area contributed by atoms with E-state index in [1.807, 2.05) is 41.9 Å². The van der Waals surface area contributed by atoms with E-state index < -0.39 is 0 Å². The lowest BCUT2D eigenvalue weighted by atomic mass is 10.2. The van der Waals surface area contributed by atoms with E-state index in [0.717, 1.165) is 22.1 Å². The molecule has 1 heterocycles. The molecule has 0 bridgehead atoms. The first-order chi connectivity index (χ1) is 11.2. The SMILES string of the molecule is COc1ccc(F)cc1CSc1nnc(-c2ccccc2)n1C. The average Bonchev–Trinajstić information content (AvgIpc) is 2.94. The van der Waals surface area contributed by atoms with Crippen molar-refractivity contribution in [3.63, 3.8) is 0 Å². The first-order valence-electron chi connectivity index (χ1n) is 7.09. The zero-order valence-corrected chi connectivity index (χ0v) is 13.7. The van der Waals surface area contributed by atoms with Gasteiger partial charge in [0.1, 0.15) is 11.6 Å². The van der Waals surface area contributed by atoms with Crippen molar-refractivity contribution < 1.29 is 9.13 Å². The molecule has 3 aromatic rings. The lowest BCUT2D eigenvalue weighted by molar-refractivity contribution is 0.410. The molecular weight excluding hydrogens is 313 g/mol. The van der Waals surface area contributed by atoms with Crippen LogP contribution in [0.3, 0.4) is 0 Å². The zero-order valence-electron chi connectivity index (χ0n) is 12.9. The van der Waals surface area contributed by atoms with Crippen LogP contribution in [0.1, 0.15) is 5.56 Å². The number of benzene rings is 2. The number of hydrogen-bond acceptors (Lipinski definition) is 4. The van der Waals surface area contributed by atoms with Gasteiger partial charge >= 0.3 is 0 Å². The van der Waals surface area contributed by atoms with Crippen LogP contribution >= 0.6 is 11.8 Å². The van der Waals surface area contributed by atoms with E-state index in [1.54, 1.807) is 13.2 Å². The molecule has 6 heteroatoms. The third-order valence-corrected chi connectivity index (χ3v) is 4.54. The van der Waals surface area contributed by atoms with Gasteiger partial charge in [0.2, 0.25) is 0 Å². The fraction of sp³-hybridized carbons (Fsp3) is 0.176. The van der Waals surface area contributed by atoms with Gasteiger partial charge < -0.3 is 9.30 Å². The topological polar surface area (TPSA) is 39.9 Å². The molecule has 0 aliphatic heterocycles. The minimum atomic E-state index is -0.274. The van der Waals surface area contributed by atoms with Crippen LogP contribution in [0, 0.1) is 5.82 Å². The van der Waals surface area contributed by atoms with Gasteiger partial charge in [0, 0.05) is 23.9 Å². The summed E-state index contributed by atoms with van der Waals surface area (Å²) in [5, 5.41) is 9.24. The summed E-state index contributed by atoms with van der Waals surface area (Å²) >= 11 is 1.50. The first-order valence-corrected chi connectivity index (χ1v) is 8.07. The van der Waals surface area contributed by atoms with Crippen molar-refractivity contribution in [2.75, 3.05) is 7.11 Å². The van der Waals surface area contributed by atoms with Gasteiger partial charge in [0.15, 0.2) is 11.0 Å². The largest absolute Gasteiger partial charge is 0.496 e. The third-order valence-electron chi connectivity index (χ3n) is 3.47. The van der Waals surface area contributed by atoms with E-state index >= 15 is 0 Å². The van der Waals surface area contributed by atoms with E-state index in [2.05, 4.69) is 10.2 Å². The van der Waals surface area contributed by atoms with Crippen molar-refractivity contribution in [1.29, 1.82) is 0 Å². The van der Waals surface area contributed by atoms with Crippen molar-refractivity contribution in [1.82, 2.24) is 14.8 Å². The quantitative estimate of drug-likeness (QED) is 0.665. The number of nitrogens with zero attached hydrogens (tertiary/aromatic N) is 3. The Labute approximate surface area is 138 Å². The van der Waals surface area contributed by atoms with Gasteiger partial charge in [-0.25, -0.2) is 4.39 Å². The molecule has 1 aromatic heterocycles. The normalized spacial score (nSPS) is 10.7. The van der Waals surface area contributed by atoms with Crippen LogP contribution in [0.2, 0.25) is 0 Å². The molecule has 0 N–H and O–H groups in total. The maximum atomic E-state index is 13.4. The Morgan fingerprint density at radius 2 is 1.91 bits per heavy atom. The Balaban J connectivity index is 1.80. The van der Waals surface area contributed by atoms with Gasteiger partial charge in [-0.05, 0) is 18.2 Å². The van der Waals surface area contributed by atoms with E-state index in [-0.39, 0.29) is 5.82 Å². The molecule has 2 aromatic carbocycles. The predicted octanol–water partition coefficient (Wildman–Crippen LogP) is 3.92. The van der Waals surface area contributed by atoms with Crippen LogP contribution in [-0.4, -0.2) is 21.9 Å². The Morgan fingerprint density at radius 1 is 1.13 bits per heavy atom. The Morgan fingerprint density at radius 3 is 2.65 bits per heavy atom. The molecule has 23 heavy (non-hydrogen) atoms. The third kappa shape index (κ3) is 3.37. The molecule has 0 spiro atoms. The Bertz CT molecular complexity index is 805. The summed E-state index contributed by atoms with van der Waals surface area (Å²) in [7, 11) is 3.50. The van der Waals surface area contributed by atoms with E-state index in [4.69, 9.17) is 4.74 Å². The summed E-state index contributed by atoms with van der Waals surface area (Å²) in [5.41, 5.74) is 1.81. The number of hydrogen-bond donors (Lipinski definition) is 0. The summed E-state index contributed by atoms with van der Waals surface area (Å²) in [6.07, 6.45) is 0. The van der Waals surface area contributed by atoms with E-state index in [1.165, 1.54) is 23.9 Å². The molecule has 118 valence electrons. The zero-order chi connectivity index (χ0) is 16.2. The van der Waals surface area contributed by atoms with Crippen molar-refractivity contribution >= 4 is 11.8 Å². The molecule has 0 amide bonds. The summed E-state index contributed by atoms with van der Waals surface area (Å²) in [6.45, 7) is 0. The molecule has 0 aliphatic carbocycles. The van der Waals surface area contributed by atoms with Crippen LogP contribution < -0.4 is 4.74 Å². The van der Waals surface area contributed by atoms with Crippen molar-refractivity contribution in [3.8, 4) is 17.1 Å². The van der Waals surface area contributed by atoms with Gasteiger partial charge in [0.25, 0.3) is 0 Å². The highest BCUT2D eigenvalue weighted by Crippen LogP contribution is 2.29. The second kappa shape index (κ2) is 6.83. The molecule has 0 saturated heterocycles. The smallest absolute Gasteiger partial charge is 0.191 e. The van der Waals surface area contributed by atoms with Crippen LogP contribution in [0.25, 0.3) is 11.4 Å². The summed E-state index contributed by atoms with van der Waals surface area (Å²) in [5.74, 6) is 1.76. The van der Waals surface area contributed by atoms with Crippen LogP contribution in [-0.2, 0) is 12.8 Å². The molecule has 0 saturated carbocycles. The number of rotatable bonds is 5. The highest BCUT2D eigenvalue weighted by Gasteiger charge is 2.12. The average molecular weight is 329 g/mol. The van der Waals surface area contributed by atoms with Crippen molar-refractivity contribution in [2.24, 2.45) is 7.05 Å². The fourth-order valence-corrected chi connectivity index (χ4v) is 3.17. The van der Waals surface area contributed by atoms with Crippen LogP contribution in [0.15, 0.2) is 53.7 Å². The van der Waals surface area contributed by atoms with E-state index in [9.17, 15) is 4.39 Å². The first kappa shape index (κ1) is 15.6.